The molecule has 0 aliphatic heterocycles. The molecule has 2 aromatic rings. The summed E-state index contributed by atoms with van der Waals surface area (Å²) in [5, 5.41) is 0. The third-order valence-corrected chi connectivity index (χ3v) is 4.30. The number of Topliss-reactive ketones (excluding diaryl/α,β-unsaturated/α-hetero) is 1. The highest BCUT2D eigenvalue weighted by Gasteiger charge is 2.43. The largest absolute Gasteiger partial charge is 0.293 e. The maximum atomic E-state index is 13.1. The predicted molar refractivity (Wildman–Crippen MR) is 80.5 cm³/mol. The lowest BCUT2D eigenvalue weighted by atomic mass is 9.71. The fraction of sp³-hybridized carbons (Fsp3) is 0.412. The van der Waals surface area contributed by atoms with E-state index in [9.17, 15) is 4.79 Å². The van der Waals surface area contributed by atoms with Gasteiger partial charge in [-0.25, -0.2) is 9.97 Å². The Kier molecular flexibility index (Phi) is 3.12. The summed E-state index contributed by atoms with van der Waals surface area (Å²) in [6.45, 7) is 7.80. The Hall–Kier alpha value is -2.10. The first-order valence-electron chi connectivity index (χ1n) is 7.24. The molecule has 1 unspecified atom stereocenters. The summed E-state index contributed by atoms with van der Waals surface area (Å²) in [6, 6.07) is 3.83. The van der Waals surface area contributed by atoms with E-state index < -0.39 is 5.41 Å². The van der Waals surface area contributed by atoms with Crippen LogP contribution in [-0.2, 0) is 11.8 Å². The zero-order valence-electron chi connectivity index (χ0n) is 12.9. The molecule has 21 heavy (non-hydrogen) atoms. The molecule has 0 N–H and O–H groups in total. The summed E-state index contributed by atoms with van der Waals surface area (Å²) in [4.78, 5) is 26.5. The Balaban J connectivity index is 2.15. The number of hydrogen-bond acceptors (Lipinski definition) is 4. The molecule has 3 rings (SSSR count). The average Bonchev–Trinajstić information content (AvgIpc) is 2.42. The summed E-state index contributed by atoms with van der Waals surface area (Å²) >= 11 is 0. The van der Waals surface area contributed by atoms with Crippen molar-refractivity contribution in [1.82, 2.24) is 15.0 Å². The molecule has 0 fully saturated rings. The molecule has 4 heteroatoms. The molecule has 0 bridgehead atoms. The van der Waals surface area contributed by atoms with Crippen LogP contribution in [0.4, 0.5) is 0 Å². The summed E-state index contributed by atoms with van der Waals surface area (Å²) in [6.07, 6.45) is 3.27. The maximum Gasteiger partial charge on any atom is 0.178 e. The zero-order valence-corrected chi connectivity index (χ0v) is 12.9. The number of ketones is 1. The van der Waals surface area contributed by atoms with Gasteiger partial charge in [0.25, 0.3) is 0 Å². The fourth-order valence-corrected chi connectivity index (χ4v) is 3.06. The van der Waals surface area contributed by atoms with E-state index in [0.29, 0.717) is 12.2 Å². The van der Waals surface area contributed by atoms with E-state index in [-0.39, 0.29) is 5.78 Å². The van der Waals surface area contributed by atoms with Crippen molar-refractivity contribution in [2.45, 2.75) is 46.0 Å². The third kappa shape index (κ3) is 2.15. The molecule has 0 saturated carbocycles. The van der Waals surface area contributed by atoms with Gasteiger partial charge in [-0.1, -0.05) is 0 Å². The minimum atomic E-state index is -0.655. The Bertz CT molecular complexity index is 719. The second-order valence-corrected chi connectivity index (χ2v) is 6.09. The molecule has 4 nitrogen and oxygen atoms in total. The van der Waals surface area contributed by atoms with E-state index in [0.717, 1.165) is 34.6 Å². The first kappa shape index (κ1) is 13.9. The molecule has 108 valence electrons. The number of hydrogen-bond donors (Lipinski definition) is 0. The number of carbonyl (C=O) groups excluding carboxylic acids is 1. The van der Waals surface area contributed by atoms with E-state index in [1.54, 1.807) is 6.20 Å². The van der Waals surface area contributed by atoms with Crippen LogP contribution in [0, 0.1) is 20.8 Å². The number of nitrogens with zero attached hydrogens (tertiary/aromatic N) is 3. The topological polar surface area (TPSA) is 55.7 Å². The van der Waals surface area contributed by atoms with Gasteiger partial charge in [0.05, 0.1) is 11.1 Å². The standard InChI is InChI=1S/C17H19N3O/c1-10-6-8-18-13-5-7-17(4,15(21)14(10)13)16-19-11(2)9-12(3)20-16/h6,8-9H,5,7H2,1-4H3. The zero-order chi connectivity index (χ0) is 15.2. The van der Waals surface area contributed by atoms with Crippen molar-refractivity contribution in [3.05, 3.63) is 52.4 Å². The van der Waals surface area contributed by atoms with Crippen LogP contribution in [0.2, 0.25) is 0 Å². The van der Waals surface area contributed by atoms with Gasteiger partial charge in [0.2, 0.25) is 0 Å². The van der Waals surface area contributed by atoms with E-state index in [2.05, 4.69) is 15.0 Å². The first-order valence-corrected chi connectivity index (χ1v) is 7.24. The first-order chi connectivity index (χ1) is 9.91. The maximum absolute atomic E-state index is 13.1. The molecule has 2 aromatic heterocycles. The number of aromatic nitrogens is 3. The van der Waals surface area contributed by atoms with Gasteiger partial charge in [-0.05, 0) is 58.2 Å². The normalized spacial score (nSPS) is 21.2. The minimum absolute atomic E-state index is 0.0966. The van der Waals surface area contributed by atoms with Gasteiger partial charge >= 0.3 is 0 Å². The van der Waals surface area contributed by atoms with E-state index in [1.165, 1.54) is 0 Å². The lowest BCUT2D eigenvalue weighted by Crippen LogP contribution is -2.40. The second kappa shape index (κ2) is 4.72. The van der Waals surface area contributed by atoms with Crippen molar-refractivity contribution in [3.8, 4) is 0 Å². The molecular formula is C17H19N3O. The molecule has 0 amide bonds. The average molecular weight is 281 g/mol. The Morgan fingerprint density at radius 2 is 1.81 bits per heavy atom. The smallest absolute Gasteiger partial charge is 0.178 e. The van der Waals surface area contributed by atoms with Crippen LogP contribution < -0.4 is 0 Å². The van der Waals surface area contributed by atoms with Crippen LogP contribution in [-0.4, -0.2) is 20.7 Å². The highest BCUT2D eigenvalue weighted by molar-refractivity contribution is 6.06. The number of pyridine rings is 1. The lowest BCUT2D eigenvalue weighted by molar-refractivity contribution is 0.0865. The Morgan fingerprint density at radius 1 is 1.14 bits per heavy atom. The number of aryl methyl sites for hydroxylation is 4. The number of carbonyl (C=O) groups is 1. The summed E-state index contributed by atoms with van der Waals surface area (Å²) in [5.41, 5.74) is 3.80. The number of rotatable bonds is 1. The van der Waals surface area contributed by atoms with Crippen LogP contribution in [0.25, 0.3) is 0 Å². The Labute approximate surface area is 124 Å². The van der Waals surface area contributed by atoms with Gasteiger partial charge in [-0.2, -0.15) is 0 Å². The minimum Gasteiger partial charge on any atom is -0.293 e. The molecular weight excluding hydrogens is 262 g/mol. The second-order valence-electron chi connectivity index (χ2n) is 6.09. The van der Waals surface area contributed by atoms with Gasteiger partial charge in [0.15, 0.2) is 5.78 Å². The molecule has 1 aliphatic carbocycles. The molecule has 2 heterocycles. The summed E-state index contributed by atoms with van der Waals surface area (Å²) < 4.78 is 0. The summed E-state index contributed by atoms with van der Waals surface area (Å²) in [5.74, 6) is 0.734. The third-order valence-electron chi connectivity index (χ3n) is 4.30. The molecule has 1 aliphatic rings. The molecule has 0 spiro atoms. The fourth-order valence-electron chi connectivity index (χ4n) is 3.06. The van der Waals surface area contributed by atoms with Crippen LogP contribution in [0.15, 0.2) is 18.3 Å². The van der Waals surface area contributed by atoms with E-state index >= 15 is 0 Å². The van der Waals surface area contributed by atoms with Gasteiger partial charge in [0.1, 0.15) is 5.82 Å². The van der Waals surface area contributed by atoms with Crippen molar-refractivity contribution in [2.75, 3.05) is 0 Å². The highest BCUT2D eigenvalue weighted by Crippen LogP contribution is 2.37. The Morgan fingerprint density at radius 3 is 2.48 bits per heavy atom. The van der Waals surface area contributed by atoms with Gasteiger partial charge in [-0.3, -0.25) is 9.78 Å². The van der Waals surface area contributed by atoms with E-state index in [4.69, 9.17) is 0 Å². The molecule has 0 saturated heterocycles. The highest BCUT2D eigenvalue weighted by atomic mass is 16.1. The lowest BCUT2D eigenvalue weighted by Gasteiger charge is -2.32. The monoisotopic (exact) mass is 281 g/mol. The quantitative estimate of drug-likeness (QED) is 0.806. The van der Waals surface area contributed by atoms with Crippen molar-refractivity contribution in [1.29, 1.82) is 0 Å². The van der Waals surface area contributed by atoms with Crippen molar-refractivity contribution < 1.29 is 4.79 Å². The van der Waals surface area contributed by atoms with E-state index in [1.807, 2.05) is 39.8 Å². The number of fused-ring (bicyclic) bond motifs is 1. The van der Waals surface area contributed by atoms with Crippen LogP contribution in [0.1, 0.15) is 52.2 Å². The molecule has 0 aromatic carbocycles. The van der Waals surface area contributed by atoms with Crippen molar-refractivity contribution in [2.24, 2.45) is 0 Å². The molecule has 0 radical (unpaired) electrons. The van der Waals surface area contributed by atoms with Crippen molar-refractivity contribution >= 4 is 5.78 Å². The predicted octanol–water partition coefficient (Wildman–Crippen LogP) is 2.88. The van der Waals surface area contributed by atoms with Crippen molar-refractivity contribution in [3.63, 3.8) is 0 Å². The summed E-state index contributed by atoms with van der Waals surface area (Å²) in [7, 11) is 0. The van der Waals surface area contributed by atoms with Gasteiger partial charge < -0.3 is 0 Å². The van der Waals surface area contributed by atoms with Crippen LogP contribution in [0.5, 0.6) is 0 Å². The van der Waals surface area contributed by atoms with Crippen LogP contribution in [0.3, 0.4) is 0 Å². The SMILES string of the molecule is Cc1cc(C)nc(C2(C)CCc3nccc(C)c3C2=O)n1. The molecule has 1 atom stereocenters. The van der Waals surface area contributed by atoms with Gasteiger partial charge in [-0.15, -0.1) is 0 Å². The van der Waals surface area contributed by atoms with Gasteiger partial charge in [0, 0.05) is 23.1 Å². The van der Waals surface area contributed by atoms with Crippen LogP contribution >= 0.6 is 0 Å².